The van der Waals surface area contributed by atoms with Crippen LogP contribution in [0.2, 0.25) is 18.1 Å². The van der Waals surface area contributed by atoms with Crippen LogP contribution in [0.15, 0.2) is 54.6 Å². The lowest BCUT2D eigenvalue weighted by atomic mass is 9.78. The second-order valence-corrected chi connectivity index (χ2v) is 13.1. The molecule has 2 rings (SSSR count). The van der Waals surface area contributed by atoms with E-state index < -0.39 is 8.32 Å². The van der Waals surface area contributed by atoms with Crippen LogP contribution in [0.1, 0.15) is 26.7 Å². The highest BCUT2D eigenvalue weighted by atomic mass is 35.5. The highest BCUT2D eigenvalue weighted by Gasteiger charge is 2.37. The molecule has 0 aromatic heterocycles. The number of ether oxygens (including phenoxy) is 1. The molecule has 0 saturated carbocycles. The Kier molecular flexibility index (Phi) is 7.43. The molecule has 6 heteroatoms. The van der Waals surface area contributed by atoms with Crippen LogP contribution in [0.4, 0.5) is 5.69 Å². The lowest BCUT2D eigenvalue weighted by Gasteiger charge is -2.35. The monoisotopic (exact) mass is 403 g/mol. The first-order valence-electron chi connectivity index (χ1n) is 9.49. The van der Waals surface area contributed by atoms with E-state index in [0.717, 1.165) is 29.7 Å². The third kappa shape index (κ3) is 6.03. The van der Waals surface area contributed by atoms with Gasteiger partial charge in [0.05, 0.1) is 6.61 Å². The van der Waals surface area contributed by atoms with Crippen LogP contribution >= 0.6 is 11.5 Å². The van der Waals surface area contributed by atoms with Gasteiger partial charge < -0.3 is 14.3 Å². The fourth-order valence-electron chi connectivity index (χ4n) is 2.77. The van der Waals surface area contributed by atoms with Crippen molar-refractivity contribution in [2.24, 2.45) is 0 Å². The van der Waals surface area contributed by atoms with Crippen LogP contribution in [0.25, 0.3) is 0 Å². The van der Waals surface area contributed by atoms with Crippen LogP contribution in [0, 0.1) is 0 Å². The van der Waals surface area contributed by atoms with E-state index in [4.69, 9.17) is 16.2 Å². The van der Waals surface area contributed by atoms with E-state index in [-0.39, 0.29) is 11.3 Å². The third-order valence-corrected chi connectivity index (χ3v) is 9.62. The van der Waals surface area contributed by atoms with Crippen molar-refractivity contribution >= 4 is 37.2 Å². The van der Waals surface area contributed by atoms with Gasteiger partial charge in [0.1, 0.15) is 5.75 Å². The quantitative estimate of drug-likeness (QED) is 0.478. The van der Waals surface area contributed by atoms with Crippen molar-refractivity contribution in [1.29, 1.82) is 0 Å². The highest BCUT2D eigenvalue weighted by molar-refractivity contribution is 7.16. The predicted octanol–water partition coefficient (Wildman–Crippen LogP) is 4.89. The van der Waals surface area contributed by atoms with Gasteiger partial charge in [0.25, 0.3) is 0 Å². The van der Waals surface area contributed by atoms with Crippen LogP contribution in [-0.4, -0.2) is 33.0 Å². The Morgan fingerprint density at radius 2 is 1.78 bits per heavy atom. The van der Waals surface area contributed by atoms with Gasteiger partial charge in [-0.25, -0.2) is 0 Å². The van der Waals surface area contributed by atoms with Crippen molar-refractivity contribution in [2.75, 3.05) is 18.5 Å². The minimum Gasteiger partial charge on any atom is -0.494 e. The summed E-state index contributed by atoms with van der Waals surface area (Å²) < 4.78 is 5.95. The first-order chi connectivity index (χ1) is 12.6. The second kappa shape index (κ2) is 9.18. The molecular weight excluding hydrogens is 373 g/mol. The van der Waals surface area contributed by atoms with Crippen LogP contribution in [-0.2, 0) is 0 Å². The normalized spacial score (nSPS) is 12.0. The molecule has 0 aliphatic carbocycles. The van der Waals surface area contributed by atoms with E-state index in [2.05, 4.69) is 13.8 Å². The Morgan fingerprint density at radius 3 is 2.41 bits per heavy atom. The van der Waals surface area contributed by atoms with E-state index >= 15 is 0 Å². The molecule has 0 bridgehead atoms. The van der Waals surface area contributed by atoms with E-state index in [1.807, 2.05) is 79.5 Å². The van der Waals surface area contributed by atoms with Gasteiger partial charge >= 0.3 is 6.26 Å². The molecule has 0 amide bonds. The van der Waals surface area contributed by atoms with Crippen molar-refractivity contribution < 1.29 is 9.53 Å². The molecular formula is C21H31BClNO2Si. The van der Waals surface area contributed by atoms with Gasteiger partial charge in [-0.1, -0.05) is 50.2 Å². The number of anilines is 1. The predicted molar refractivity (Wildman–Crippen MR) is 121 cm³/mol. The van der Waals surface area contributed by atoms with Crippen molar-refractivity contribution in [3.8, 4) is 5.75 Å². The van der Waals surface area contributed by atoms with Crippen molar-refractivity contribution in [1.82, 2.24) is 0 Å². The van der Waals surface area contributed by atoms with Gasteiger partial charge in [-0.15, -0.1) is 0 Å². The van der Waals surface area contributed by atoms with E-state index in [1.54, 1.807) is 0 Å². The van der Waals surface area contributed by atoms with Crippen molar-refractivity contribution in [3.63, 3.8) is 0 Å². The van der Waals surface area contributed by atoms with E-state index in [9.17, 15) is 4.80 Å². The summed E-state index contributed by atoms with van der Waals surface area (Å²) in [6.45, 7) is 8.95. The summed E-state index contributed by atoms with van der Waals surface area (Å²) in [7, 11) is -0.173. The Bertz CT molecular complexity index is 722. The molecule has 2 aromatic carbocycles. The van der Waals surface area contributed by atoms with Gasteiger partial charge in [0, 0.05) is 11.8 Å². The summed E-state index contributed by atoms with van der Waals surface area (Å²) in [6, 6.07) is 18.1. The summed E-state index contributed by atoms with van der Waals surface area (Å²) in [5, 5.41) is -0.0139. The SMILES string of the molecule is CN(B(Cl)c1ccccc1)c1cccc(OCCCC(C)(C)[Si](C)(C)O)c1. The number of benzene rings is 2. The summed E-state index contributed by atoms with van der Waals surface area (Å²) in [4.78, 5) is 12.4. The van der Waals surface area contributed by atoms with Gasteiger partial charge in [-0.05, 0) is 55.6 Å². The van der Waals surface area contributed by atoms with E-state index in [0.29, 0.717) is 6.61 Å². The highest BCUT2D eigenvalue weighted by Crippen LogP contribution is 2.39. The molecule has 0 spiro atoms. The molecule has 0 heterocycles. The molecule has 0 atom stereocenters. The van der Waals surface area contributed by atoms with Crippen molar-refractivity contribution in [2.45, 2.75) is 44.8 Å². The van der Waals surface area contributed by atoms with Crippen LogP contribution < -0.4 is 15.0 Å². The van der Waals surface area contributed by atoms with Crippen molar-refractivity contribution in [3.05, 3.63) is 54.6 Å². The molecule has 1 N–H and O–H groups in total. The van der Waals surface area contributed by atoms with Gasteiger partial charge in [-0.2, -0.15) is 11.5 Å². The zero-order valence-corrected chi connectivity index (χ0v) is 18.8. The molecule has 146 valence electrons. The number of halogens is 1. The maximum Gasteiger partial charge on any atom is 0.395 e. The minimum atomic E-state index is -2.16. The summed E-state index contributed by atoms with van der Waals surface area (Å²) in [5.74, 6) is 0.842. The molecule has 0 fully saturated rings. The largest absolute Gasteiger partial charge is 0.494 e. The molecule has 0 aliphatic rings. The Hall–Kier alpha value is -1.43. The fraction of sp³-hybridized carbons (Fsp3) is 0.429. The third-order valence-electron chi connectivity index (χ3n) is 5.51. The molecule has 2 aromatic rings. The summed E-state index contributed by atoms with van der Waals surface area (Å²) in [5.41, 5.74) is 2.08. The average molecular weight is 404 g/mol. The lowest BCUT2D eigenvalue weighted by Crippen LogP contribution is -2.41. The van der Waals surface area contributed by atoms with Crippen LogP contribution in [0.3, 0.4) is 0 Å². The number of hydrogen-bond donors (Lipinski definition) is 1. The molecule has 0 saturated heterocycles. The van der Waals surface area contributed by atoms with Gasteiger partial charge in [-0.3, -0.25) is 0 Å². The number of rotatable bonds is 9. The van der Waals surface area contributed by atoms with E-state index in [1.165, 1.54) is 0 Å². The molecule has 0 radical (unpaired) electrons. The maximum absolute atomic E-state index is 10.4. The zero-order valence-electron chi connectivity index (χ0n) is 17.1. The first kappa shape index (κ1) is 21.9. The minimum absolute atomic E-state index is 0.0139. The Morgan fingerprint density at radius 1 is 1.11 bits per heavy atom. The number of hydrogen-bond acceptors (Lipinski definition) is 3. The summed E-state index contributed by atoms with van der Waals surface area (Å²) >= 11 is 6.63. The standard InChI is InChI=1S/C21H31BClNO2Si/c1-21(2,27(4,5)25)15-10-16-26-20-14-9-13-19(17-20)24(3)22(23)18-11-7-6-8-12-18/h6-9,11-14,17,25H,10,15-16H2,1-5H3. The Labute approximate surface area is 170 Å². The number of nitrogens with zero attached hydrogens (tertiary/aromatic N) is 1. The van der Waals surface area contributed by atoms with Gasteiger partial charge in [0.15, 0.2) is 8.32 Å². The Balaban J connectivity index is 1.93. The zero-order chi connectivity index (χ0) is 20.1. The molecule has 0 aliphatic heterocycles. The second-order valence-electron chi connectivity index (χ2n) is 8.25. The molecule has 27 heavy (non-hydrogen) atoms. The average Bonchev–Trinajstić information content (AvgIpc) is 2.64. The molecule has 0 unspecified atom stereocenters. The summed E-state index contributed by atoms with van der Waals surface area (Å²) in [6.07, 6.45) is 1.64. The maximum atomic E-state index is 10.4. The smallest absolute Gasteiger partial charge is 0.395 e. The fourth-order valence-corrected chi connectivity index (χ4v) is 3.82. The molecule has 3 nitrogen and oxygen atoms in total. The topological polar surface area (TPSA) is 32.7 Å². The van der Waals surface area contributed by atoms with Gasteiger partial charge in [0.2, 0.25) is 0 Å². The lowest BCUT2D eigenvalue weighted by molar-refractivity contribution is 0.294. The first-order valence-corrected chi connectivity index (χ1v) is 12.9. The van der Waals surface area contributed by atoms with Crippen LogP contribution in [0.5, 0.6) is 5.75 Å².